The molecule has 5 nitrogen and oxygen atoms in total. The number of nitrogens with one attached hydrogen (secondary N) is 1. The lowest BCUT2D eigenvalue weighted by Gasteiger charge is -2.27. The van der Waals surface area contributed by atoms with Crippen molar-refractivity contribution < 1.29 is 18.2 Å². The van der Waals surface area contributed by atoms with Gasteiger partial charge in [-0.1, -0.05) is 72.8 Å². The highest BCUT2D eigenvalue weighted by Crippen LogP contribution is 2.55. The third kappa shape index (κ3) is 5.79. The van der Waals surface area contributed by atoms with E-state index in [1.807, 2.05) is 48.5 Å². The Morgan fingerprint density at radius 1 is 0.690 bits per heavy atom. The van der Waals surface area contributed by atoms with Crippen molar-refractivity contribution in [2.24, 2.45) is 0 Å². The van der Waals surface area contributed by atoms with Crippen molar-refractivity contribution in [2.75, 3.05) is 19.3 Å². The summed E-state index contributed by atoms with van der Waals surface area (Å²) in [6.45, 7) is 0.132. The Bertz CT molecular complexity index is 1730. The van der Waals surface area contributed by atoms with Crippen LogP contribution in [0.3, 0.4) is 0 Å². The quantitative estimate of drug-likeness (QED) is 0.112. The van der Waals surface area contributed by atoms with Gasteiger partial charge in [0.05, 0.1) is 17.7 Å². The third-order valence-electron chi connectivity index (χ3n) is 7.40. The maximum atomic E-state index is 12.9. The lowest BCUT2D eigenvalue weighted by molar-refractivity contribution is -0.142. The highest BCUT2D eigenvalue weighted by Gasteiger charge is 2.44. The van der Waals surface area contributed by atoms with Gasteiger partial charge < -0.3 is 9.15 Å². The lowest BCUT2D eigenvalue weighted by Crippen LogP contribution is -2.34. The minimum atomic E-state index is -1.98. The normalized spacial score (nSPS) is 12.4. The van der Waals surface area contributed by atoms with Gasteiger partial charge in [-0.25, -0.2) is 8.93 Å². The van der Waals surface area contributed by atoms with Crippen LogP contribution in [-0.4, -0.2) is 29.5 Å². The minimum Gasteiger partial charge on any atom is -0.465 e. The predicted octanol–water partition coefficient (Wildman–Crippen LogP) is 6.13. The first-order valence-corrected chi connectivity index (χ1v) is 17.0. The first-order valence-electron chi connectivity index (χ1n) is 13.9. The molecule has 6 aromatic rings. The second-order valence-corrected chi connectivity index (χ2v) is 14.9. The Morgan fingerprint density at radius 3 is 1.86 bits per heavy atom. The average Bonchev–Trinajstić information content (AvgIpc) is 3.43. The van der Waals surface area contributed by atoms with Crippen LogP contribution in [0.5, 0.6) is 0 Å². The number of hydrogen-bond acceptors (Lipinski definition) is 4. The van der Waals surface area contributed by atoms with Gasteiger partial charge in [0.25, 0.3) is 0 Å². The fraction of sp³-hybridized carbons (Fsp3) is 0.114. The summed E-state index contributed by atoms with van der Waals surface area (Å²) in [6.07, 6.45) is 1.55. The van der Waals surface area contributed by atoms with Crippen LogP contribution in [0, 0.1) is 0 Å². The van der Waals surface area contributed by atoms with Crippen LogP contribution in [0.25, 0.3) is 21.9 Å². The van der Waals surface area contributed by atoms with E-state index in [9.17, 15) is 9.00 Å². The van der Waals surface area contributed by atoms with E-state index in [0.717, 1.165) is 22.5 Å². The van der Waals surface area contributed by atoms with Crippen LogP contribution < -0.4 is 20.6 Å². The fourth-order valence-electron chi connectivity index (χ4n) is 5.45. The molecule has 0 fully saturated rings. The van der Waals surface area contributed by atoms with E-state index in [0.29, 0.717) is 16.9 Å². The molecule has 0 bridgehead atoms. The zero-order chi connectivity index (χ0) is 28.8. The lowest BCUT2D eigenvalue weighted by atomic mass is 10.2. The third-order valence-corrected chi connectivity index (χ3v) is 13.0. The molecular weight excluding hydrogens is 561 g/mol. The number of carbonyl (C=O) groups is 1. The van der Waals surface area contributed by atoms with Gasteiger partial charge in [-0.15, -0.1) is 0 Å². The number of furan rings is 1. The zero-order valence-corrected chi connectivity index (χ0v) is 24.7. The smallest absolute Gasteiger partial charge is 0.320 e. The van der Waals surface area contributed by atoms with Gasteiger partial charge in [-0.2, -0.15) is 0 Å². The van der Waals surface area contributed by atoms with Gasteiger partial charge in [0.15, 0.2) is 0 Å². The molecule has 0 saturated heterocycles. The molecule has 1 aromatic heterocycles. The molecule has 0 spiro atoms. The molecule has 1 atom stereocenters. The first-order chi connectivity index (χ1) is 20.6. The molecule has 0 saturated carbocycles. The van der Waals surface area contributed by atoms with Crippen LogP contribution in [-0.2, 0) is 20.5 Å². The van der Waals surface area contributed by atoms with E-state index in [1.54, 1.807) is 12.1 Å². The van der Waals surface area contributed by atoms with Crippen LogP contribution in [0.1, 0.15) is 6.42 Å². The zero-order valence-electron chi connectivity index (χ0n) is 23.0. The molecule has 0 radical (unpaired) electrons. The van der Waals surface area contributed by atoms with Crippen molar-refractivity contribution in [2.45, 2.75) is 11.3 Å². The highest BCUT2D eigenvalue weighted by molar-refractivity contribution is 7.95. The number of fused-ring (bicyclic) bond motifs is 3. The first kappa shape index (κ1) is 28.0. The monoisotopic (exact) mass is 592 g/mol. The molecular formula is C35H31NO4PS+. The number of rotatable bonds is 11. The van der Waals surface area contributed by atoms with Crippen LogP contribution in [0.2, 0.25) is 0 Å². The van der Waals surface area contributed by atoms with Crippen molar-refractivity contribution >= 4 is 62.1 Å². The SMILES string of the molecule is O=C(CNS(=O)c1ccc2c(c1)oc1ccccc12)OCCC[P+](c1ccccc1)(c1ccccc1)c1ccccc1. The van der Waals surface area contributed by atoms with Crippen molar-refractivity contribution in [1.82, 2.24) is 4.72 Å². The summed E-state index contributed by atoms with van der Waals surface area (Å²) in [5, 5.41) is 5.87. The molecule has 1 unspecified atom stereocenters. The number of benzene rings is 5. The molecule has 1 heterocycles. The van der Waals surface area contributed by atoms with Gasteiger partial charge in [0, 0.05) is 17.2 Å². The number of carbonyl (C=O) groups excluding carboxylic acids is 1. The molecule has 5 aromatic carbocycles. The summed E-state index contributed by atoms with van der Waals surface area (Å²) in [5.74, 6) is -0.434. The van der Waals surface area contributed by atoms with Crippen molar-refractivity contribution in [3.63, 3.8) is 0 Å². The standard InChI is InChI=1S/C35H31NO4PS/c37-35(26-36-42(38)30-21-22-32-31-19-10-11-20-33(31)40-34(32)25-30)39-23-12-24-41(27-13-4-1-5-14-27,28-15-6-2-7-16-28)29-17-8-3-9-18-29/h1-11,13-22,25,36H,12,23-24,26H2/q+1. The summed E-state index contributed by atoms with van der Waals surface area (Å²) < 4.78 is 27.2. The highest BCUT2D eigenvalue weighted by atomic mass is 32.2. The second kappa shape index (κ2) is 12.8. The summed E-state index contributed by atoms with van der Waals surface area (Å²) >= 11 is 0. The molecule has 6 rings (SSSR count). The molecule has 0 aliphatic rings. The van der Waals surface area contributed by atoms with Gasteiger partial charge in [0.1, 0.15) is 51.9 Å². The topological polar surface area (TPSA) is 68.5 Å². The molecule has 0 aliphatic heterocycles. The van der Waals surface area contributed by atoms with E-state index in [-0.39, 0.29) is 13.2 Å². The Balaban J connectivity index is 1.10. The van der Waals surface area contributed by atoms with Crippen LogP contribution in [0.15, 0.2) is 143 Å². The Labute approximate surface area is 248 Å². The number of hydrogen-bond donors (Lipinski definition) is 1. The number of para-hydroxylation sites is 1. The molecule has 0 amide bonds. The Kier molecular flexibility index (Phi) is 8.57. The Morgan fingerprint density at radius 2 is 1.24 bits per heavy atom. The van der Waals surface area contributed by atoms with Crippen molar-refractivity contribution in [3.8, 4) is 0 Å². The van der Waals surface area contributed by atoms with Crippen molar-refractivity contribution in [1.29, 1.82) is 0 Å². The van der Waals surface area contributed by atoms with E-state index >= 15 is 0 Å². The largest absolute Gasteiger partial charge is 0.465 e. The number of esters is 1. The van der Waals surface area contributed by atoms with Gasteiger partial charge in [0.2, 0.25) is 0 Å². The maximum absolute atomic E-state index is 12.9. The number of ether oxygens (including phenoxy) is 1. The average molecular weight is 593 g/mol. The van der Waals surface area contributed by atoms with Crippen LogP contribution >= 0.6 is 7.26 Å². The van der Waals surface area contributed by atoms with Gasteiger partial charge in [-0.05, 0) is 60.7 Å². The molecule has 42 heavy (non-hydrogen) atoms. The molecule has 210 valence electrons. The molecule has 1 N–H and O–H groups in total. The van der Waals surface area contributed by atoms with Crippen molar-refractivity contribution in [3.05, 3.63) is 133 Å². The summed E-state index contributed by atoms with van der Waals surface area (Å²) in [6, 6.07) is 45.2. The predicted molar refractivity (Wildman–Crippen MR) is 174 cm³/mol. The minimum absolute atomic E-state index is 0.152. The maximum Gasteiger partial charge on any atom is 0.320 e. The molecule has 7 heteroatoms. The second-order valence-electron chi connectivity index (χ2n) is 9.96. The summed E-state index contributed by atoms with van der Waals surface area (Å²) in [5.41, 5.74) is 1.44. The van der Waals surface area contributed by atoms with Crippen LogP contribution in [0.4, 0.5) is 0 Å². The van der Waals surface area contributed by atoms with E-state index in [2.05, 4.69) is 77.5 Å². The van der Waals surface area contributed by atoms with Gasteiger partial charge >= 0.3 is 5.97 Å². The van der Waals surface area contributed by atoms with Gasteiger partial charge in [-0.3, -0.25) is 4.79 Å². The van der Waals surface area contributed by atoms with E-state index in [4.69, 9.17) is 9.15 Å². The summed E-state index contributed by atoms with van der Waals surface area (Å²) in [7, 11) is -3.56. The summed E-state index contributed by atoms with van der Waals surface area (Å²) in [4.78, 5) is 13.2. The van der Waals surface area contributed by atoms with E-state index in [1.165, 1.54) is 15.9 Å². The molecule has 0 aliphatic carbocycles. The Hall–Kier alpha value is -4.09. The van der Waals surface area contributed by atoms with E-state index < -0.39 is 24.2 Å². The fourth-order valence-corrected chi connectivity index (χ4v) is 10.6.